The lowest BCUT2D eigenvalue weighted by molar-refractivity contribution is 0.0760. The summed E-state index contributed by atoms with van der Waals surface area (Å²) < 4.78 is 20.3. The molecule has 2 aromatic carbocycles. The molecule has 0 spiro atoms. The van der Waals surface area contributed by atoms with Gasteiger partial charge in [-0.25, -0.2) is 9.07 Å². The number of aromatic nitrogens is 2. The Hall–Kier alpha value is -3.19. The predicted molar refractivity (Wildman–Crippen MR) is 122 cm³/mol. The number of nitrogens with zero attached hydrogens (tertiary/aromatic N) is 4. The molecular weight excluding hydrogens is 407 g/mol. The van der Waals surface area contributed by atoms with Crippen molar-refractivity contribution < 1.29 is 13.9 Å². The van der Waals surface area contributed by atoms with Gasteiger partial charge in [0.25, 0.3) is 5.91 Å². The van der Waals surface area contributed by atoms with Crippen LogP contribution in [0.1, 0.15) is 35.0 Å². The van der Waals surface area contributed by atoms with Crippen LogP contribution in [0.5, 0.6) is 5.75 Å². The van der Waals surface area contributed by atoms with Crippen LogP contribution in [0.2, 0.25) is 0 Å². The summed E-state index contributed by atoms with van der Waals surface area (Å²) in [5.74, 6) is 0.579. The Bertz CT molecular complexity index is 1050. The summed E-state index contributed by atoms with van der Waals surface area (Å²) in [5, 5.41) is 4.44. The Morgan fingerprint density at radius 3 is 2.47 bits per heavy atom. The first-order chi connectivity index (χ1) is 15.6. The minimum atomic E-state index is -0.293. The zero-order chi connectivity index (χ0) is 22.5. The zero-order valence-electron chi connectivity index (χ0n) is 18.6. The lowest BCUT2D eigenvalue weighted by Gasteiger charge is -2.22. The van der Waals surface area contributed by atoms with E-state index in [1.54, 1.807) is 30.1 Å². The first-order valence-corrected chi connectivity index (χ1v) is 11.1. The van der Waals surface area contributed by atoms with Crippen LogP contribution in [0.15, 0.2) is 54.7 Å². The molecule has 3 aromatic rings. The summed E-state index contributed by atoms with van der Waals surface area (Å²) in [5.41, 5.74) is 3.46. The Morgan fingerprint density at radius 2 is 1.78 bits per heavy atom. The number of amides is 1. The van der Waals surface area contributed by atoms with Gasteiger partial charge in [0.05, 0.1) is 30.3 Å². The van der Waals surface area contributed by atoms with Gasteiger partial charge >= 0.3 is 0 Å². The highest BCUT2D eigenvalue weighted by molar-refractivity contribution is 5.95. The van der Waals surface area contributed by atoms with E-state index in [1.165, 1.54) is 17.7 Å². The molecule has 0 atom stereocenters. The summed E-state index contributed by atoms with van der Waals surface area (Å²) in [6.07, 6.45) is 3.23. The third-order valence-corrected chi connectivity index (χ3v) is 5.95. The molecule has 2 heterocycles. The van der Waals surface area contributed by atoms with E-state index in [4.69, 9.17) is 4.74 Å². The topological polar surface area (TPSA) is 50.6 Å². The molecule has 0 bridgehead atoms. The van der Waals surface area contributed by atoms with Crippen LogP contribution < -0.4 is 4.74 Å². The van der Waals surface area contributed by atoms with Crippen molar-refractivity contribution in [1.82, 2.24) is 19.6 Å². The van der Waals surface area contributed by atoms with Gasteiger partial charge in [0.1, 0.15) is 11.6 Å². The third kappa shape index (κ3) is 4.83. The molecule has 1 aliphatic heterocycles. The van der Waals surface area contributed by atoms with Crippen molar-refractivity contribution in [2.45, 2.75) is 26.3 Å². The molecule has 0 radical (unpaired) electrons. The molecule has 0 aliphatic carbocycles. The van der Waals surface area contributed by atoms with Crippen LogP contribution in [-0.4, -0.2) is 58.8 Å². The van der Waals surface area contributed by atoms with Gasteiger partial charge in [-0.2, -0.15) is 5.10 Å². The van der Waals surface area contributed by atoms with E-state index >= 15 is 0 Å². The maximum Gasteiger partial charge on any atom is 0.257 e. The molecule has 1 saturated heterocycles. The third-order valence-electron chi connectivity index (χ3n) is 5.95. The molecule has 7 heteroatoms. The average molecular weight is 437 g/mol. The van der Waals surface area contributed by atoms with Crippen molar-refractivity contribution in [3.8, 4) is 11.4 Å². The second kappa shape index (κ2) is 9.96. The molecule has 4 rings (SSSR count). The van der Waals surface area contributed by atoms with Crippen LogP contribution in [0.25, 0.3) is 5.69 Å². The first-order valence-electron chi connectivity index (χ1n) is 11.1. The second-order valence-electron chi connectivity index (χ2n) is 8.02. The van der Waals surface area contributed by atoms with E-state index in [0.29, 0.717) is 18.5 Å². The number of hydrogen-bond donors (Lipinski definition) is 0. The summed E-state index contributed by atoms with van der Waals surface area (Å²) >= 11 is 0. The van der Waals surface area contributed by atoms with Gasteiger partial charge in [-0.15, -0.1) is 0 Å². The average Bonchev–Trinajstić information content (AvgIpc) is 3.11. The molecule has 0 unspecified atom stereocenters. The first kappa shape index (κ1) is 22.0. The van der Waals surface area contributed by atoms with E-state index in [9.17, 15) is 9.18 Å². The minimum Gasteiger partial charge on any atom is -0.497 e. The smallest absolute Gasteiger partial charge is 0.257 e. The van der Waals surface area contributed by atoms with E-state index in [2.05, 4.69) is 22.1 Å². The quantitative estimate of drug-likeness (QED) is 0.588. The fraction of sp³-hybridized carbons (Fsp3) is 0.360. The molecule has 1 fully saturated rings. The van der Waals surface area contributed by atoms with Crippen LogP contribution >= 0.6 is 0 Å². The number of carbonyl (C=O) groups excluding carboxylic acids is 1. The molecule has 1 aliphatic rings. The Morgan fingerprint density at radius 1 is 1.03 bits per heavy atom. The van der Waals surface area contributed by atoms with Gasteiger partial charge in [-0.05, 0) is 54.8 Å². The lowest BCUT2D eigenvalue weighted by atomic mass is 10.1. The van der Waals surface area contributed by atoms with E-state index in [1.807, 2.05) is 24.0 Å². The van der Waals surface area contributed by atoms with Gasteiger partial charge < -0.3 is 9.64 Å². The summed E-state index contributed by atoms with van der Waals surface area (Å²) in [6.45, 7) is 6.04. The Kier molecular flexibility index (Phi) is 6.85. The van der Waals surface area contributed by atoms with Crippen molar-refractivity contribution in [1.29, 1.82) is 0 Å². The second-order valence-corrected chi connectivity index (χ2v) is 8.02. The van der Waals surface area contributed by atoms with Crippen molar-refractivity contribution in [2.24, 2.45) is 0 Å². The largest absolute Gasteiger partial charge is 0.497 e. The predicted octanol–water partition coefficient (Wildman–Crippen LogP) is 3.93. The summed E-state index contributed by atoms with van der Waals surface area (Å²) in [4.78, 5) is 17.7. The zero-order valence-corrected chi connectivity index (χ0v) is 18.6. The number of methoxy groups -OCH3 is 1. The molecule has 0 saturated carbocycles. The van der Waals surface area contributed by atoms with Gasteiger partial charge in [0, 0.05) is 32.7 Å². The highest BCUT2D eigenvalue weighted by Crippen LogP contribution is 2.20. The standard InChI is InChI=1S/C25H29FN4O2/c1-3-24-23(17-27-30(24)21-9-7-20(26)8-10-21)25(31)29-14-4-13-28(15-16-29)18-19-5-11-22(32-2)12-6-19/h5-12,17H,3-4,13-16,18H2,1-2H3. The number of ether oxygens (including phenoxy) is 1. The van der Waals surface area contributed by atoms with Gasteiger partial charge in [-0.3, -0.25) is 9.69 Å². The van der Waals surface area contributed by atoms with Gasteiger partial charge in [-0.1, -0.05) is 19.1 Å². The fourth-order valence-electron chi connectivity index (χ4n) is 4.19. The Labute approximate surface area is 188 Å². The normalized spacial score (nSPS) is 14.9. The van der Waals surface area contributed by atoms with Crippen molar-refractivity contribution in [3.63, 3.8) is 0 Å². The lowest BCUT2D eigenvalue weighted by Crippen LogP contribution is -2.35. The van der Waals surface area contributed by atoms with E-state index < -0.39 is 0 Å². The van der Waals surface area contributed by atoms with Gasteiger partial charge in [0.2, 0.25) is 0 Å². The van der Waals surface area contributed by atoms with E-state index in [-0.39, 0.29) is 11.7 Å². The number of halogens is 1. The van der Waals surface area contributed by atoms with Crippen molar-refractivity contribution in [3.05, 3.63) is 77.4 Å². The molecule has 1 aromatic heterocycles. The molecule has 1 amide bonds. The van der Waals surface area contributed by atoms with Crippen LogP contribution in [0, 0.1) is 5.82 Å². The summed E-state index contributed by atoms with van der Waals surface area (Å²) in [7, 11) is 1.67. The van der Waals surface area contributed by atoms with Gasteiger partial charge in [0.15, 0.2) is 0 Å². The Balaban J connectivity index is 1.44. The van der Waals surface area contributed by atoms with Crippen LogP contribution in [0.4, 0.5) is 4.39 Å². The number of benzene rings is 2. The number of rotatable bonds is 6. The maximum atomic E-state index is 13.3. The van der Waals surface area contributed by atoms with Crippen LogP contribution in [0.3, 0.4) is 0 Å². The molecule has 6 nitrogen and oxygen atoms in total. The number of carbonyl (C=O) groups is 1. The minimum absolute atomic E-state index is 0.0153. The summed E-state index contributed by atoms with van der Waals surface area (Å²) in [6, 6.07) is 14.3. The molecule has 0 N–H and O–H groups in total. The fourth-order valence-corrected chi connectivity index (χ4v) is 4.19. The SMILES string of the molecule is CCc1c(C(=O)N2CCCN(Cc3ccc(OC)cc3)CC2)cnn1-c1ccc(F)cc1. The number of hydrogen-bond acceptors (Lipinski definition) is 4. The maximum absolute atomic E-state index is 13.3. The van der Waals surface area contributed by atoms with Crippen molar-refractivity contribution in [2.75, 3.05) is 33.3 Å². The highest BCUT2D eigenvalue weighted by Gasteiger charge is 2.24. The molecule has 168 valence electrons. The van der Waals surface area contributed by atoms with E-state index in [0.717, 1.165) is 49.7 Å². The molecule has 32 heavy (non-hydrogen) atoms. The highest BCUT2D eigenvalue weighted by atomic mass is 19.1. The van der Waals surface area contributed by atoms with Crippen LogP contribution in [-0.2, 0) is 13.0 Å². The monoisotopic (exact) mass is 436 g/mol. The molecular formula is C25H29FN4O2. The van der Waals surface area contributed by atoms with Crippen molar-refractivity contribution >= 4 is 5.91 Å².